The number of benzene rings is 1. The summed E-state index contributed by atoms with van der Waals surface area (Å²) in [5, 5.41) is 3.28. The Balaban J connectivity index is 1.95. The molecule has 1 aromatic carbocycles. The molecule has 1 atom stereocenters. The van der Waals surface area contributed by atoms with E-state index in [1.165, 1.54) is 5.56 Å². The molecule has 0 radical (unpaired) electrons. The lowest BCUT2D eigenvalue weighted by Gasteiger charge is -2.32. The van der Waals surface area contributed by atoms with Gasteiger partial charge in [0.2, 0.25) is 0 Å². The molecular formula is C17H26BNO3. The third kappa shape index (κ3) is 2.55. The molecule has 1 fully saturated rings. The summed E-state index contributed by atoms with van der Waals surface area (Å²) in [7, 11) is 1.63. The predicted molar refractivity (Wildman–Crippen MR) is 88.9 cm³/mol. The van der Waals surface area contributed by atoms with Crippen LogP contribution in [0.2, 0.25) is 0 Å². The zero-order valence-electron chi connectivity index (χ0n) is 14.2. The molecule has 1 N–H and O–H groups in total. The first-order valence-corrected chi connectivity index (χ1v) is 8.11. The van der Waals surface area contributed by atoms with Gasteiger partial charge < -0.3 is 19.4 Å². The fourth-order valence-corrected chi connectivity index (χ4v) is 3.13. The average Bonchev–Trinajstić information content (AvgIpc) is 2.67. The van der Waals surface area contributed by atoms with Gasteiger partial charge in [0, 0.05) is 17.9 Å². The van der Waals surface area contributed by atoms with E-state index < -0.39 is 0 Å². The first-order chi connectivity index (χ1) is 10.4. The van der Waals surface area contributed by atoms with Crippen molar-refractivity contribution < 1.29 is 14.0 Å². The number of fused-ring (bicyclic) bond motifs is 1. The lowest BCUT2D eigenvalue weighted by Crippen LogP contribution is -2.41. The zero-order valence-corrected chi connectivity index (χ0v) is 14.2. The molecule has 5 heteroatoms. The third-order valence-corrected chi connectivity index (χ3v) is 5.19. The molecule has 1 aromatic rings. The van der Waals surface area contributed by atoms with Gasteiger partial charge in [-0.05, 0) is 46.7 Å². The van der Waals surface area contributed by atoms with Crippen molar-refractivity contribution in [1.29, 1.82) is 0 Å². The standard InChI is InChI=1S/C17H26BNO3/c1-16(2)17(3,4)22-18(21-16)14-8-6-7-13-12(11-19-5)9-10-20-15(13)14/h6-8,12,19H,9-11H2,1-5H3/t12-/m0/s1. The summed E-state index contributed by atoms with van der Waals surface area (Å²) in [6.07, 6.45) is 1.04. The lowest BCUT2D eigenvalue weighted by atomic mass is 9.75. The number of nitrogens with one attached hydrogen (secondary N) is 1. The van der Waals surface area contributed by atoms with Crippen molar-refractivity contribution in [2.75, 3.05) is 20.2 Å². The van der Waals surface area contributed by atoms with Crippen LogP contribution in [0.4, 0.5) is 0 Å². The maximum absolute atomic E-state index is 6.19. The summed E-state index contributed by atoms with van der Waals surface area (Å²) in [5.41, 5.74) is 1.60. The van der Waals surface area contributed by atoms with E-state index in [0.717, 1.165) is 30.8 Å². The molecule has 120 valence electrons. The van der Waals surface area contributed by atoms with Crippen LogP contribution in [0.15, 0.2) is 18.2 Å². The van der Waals surface area contributed by atoms with Gasteiger partial charge in [-0.1, -0.05) is 18.2 Å². The van der Waals surface area contributed by atoms with Crippen molar-refractivity contribution in [2.24, 2.45) is 0 Å². The van der Waals surface area contributed by atoms with Crippen molar-refractivity contribution in [3.05, 3.63) is 23.8 Å². The van der Waals surface area contributed by atoms with Gasteiger partial charge in [-0.3, -0.25) is 0 Å². The molecule has 2 heterocycles. The van der Waals surface area contributed by atoms with E-state index in [2.05, 4.69) is 51.2 Å². The molecule has 0 unspecified atom stereocenters. The zero-order chi connectivity index (χ0) is 16.0. The van der Waals surface area contributed by atoms with E-state index in [4.69, 9.17) is 14.0 Å². The first kappa shape index (κ1) is 15.8. The molecule has 0 saturated carbocycles. The molecule has 0 spiro atoms. The summed E-state index contributed by atoms with van der Waals surface area (Å²) >= 11 is 0. The monoisotopic (exact) mass is 303 g/mol. The van der Waals surface area contributed by atoms with Crippen LogP contribution in [0, 0.1) is 0 Å². The molecule has 2 aliphatic heterocycles. The van der Waals surface area contributed by atoms with Crippen LogP contribution in [0.1, 0.15) is 45.6 Å². The minimum atomic E-state index is -0.367. The third-order valence-electron chi connectivity index (χ3n) is 5.19. The minimum absolute atomic E-state index is 0.334. The summed E-state index contributed by atoms with van der Waals surface area (Å²) in [6.45, 7) is 10.0. The lowest BCUT2D eigenvalue weighted by molar-refractivity contribution is 0.00578. The number of hydrogen-bond donors (Lipinski definition) is 1. The highest BCUT2D eigenvalue weighted by Crippen LogP contribution is 2.39. The van der Waals surface area contributed by atoms with Gasteiger partial charge in [0.25, 0.3) is 0 Å². The van der Waals surface area contributed by atoms with Gasteiger partial charge in [0.1, 0.15) is 5.75 Å². The molecule has 2 aliphatic rings. The van der Waals surface area contributed by atoms with Gasteiger partial charge in [0.15, 0.2) is 0 Å². The Labute approximate surface area is 133 Å². The summed E-state index contributed by atoms with van der Waals surface area (Å²) < 4.78 is 18.4. The number of para-hydroxylation sites is 1. The van der Waals surface area contributed by atoms with Gasteiger partial charge in [-0.25, -0.2) is 0 Å². The molecule has 0 bridgehead atoms. The van der Waals surface area contributed by atoms with Crippen molar-refractivity contribution in [3.63, 3.8) is 0 Å². The Bertz CT molecular complexity index is 543. The molecule has 4 nitrogen and oxygen atoms in total. The van der Waals surface area contributed by atoms with Crippen LogP contribution >= 0.6 is 0 Å². The van der Waals surface area contributed by atoms with Crippen LogP contribution in [0.5, 0.6) is 5.75 Å². The van der Waals surface area contributed by atoms with Gasteiger partial charge in [-0.2, -0.15) is 0 Å². The molecule has 0 aromatic heterocycles. The first-order valence-electron chi connectivity index (χ1n) is 8.11. The Hall–Kier alpha value is -1.04. The topological polar surface area (TPSA) is 39.7 Å². The Morgan fingerprint density at radius 3 is 2.50 bits per heavy atom. The predicted octanol–water partition coefficient (Wildman–Crippen LogP) is 2.07. The van der Waals surface area contributed by atoms with Crippen LogP contribution in [0.25, 0.3) is 0 Å². The smallest absolute Gasteiger partial charge is 0.494 e. The van der Waals surface area contributed by atoms with Crippen LogP contribution in [0.3, 0.4) is 0 Å². The molecule has 0 aliphatic carbocycles. The second-order valence-electron chi connectivity index (χ2n) is 7.25. The minimum Gasteiger partial charge on any atom is -0.494 e. The van der Waals surface area contributed by atoms with E-state index >= 15 is 0 Å². The molecule has 0 amide bonds. The van der Waals surface area contributed by atoms with Crippen molar-refractivity contribution in [2.45, 2.75) is 51.2 Å². The number of hydrogen-bond acceptors (Lipinski definition) is 4. The van der Waals surface area contributed by atoms with Crippen molar-refractivity contribution in [3.8, 4) is 5.75 Å². The molecule has 22 heavy (non-hydrogen) atoms. The quantitative estimate of drug-likeness (QED) is 0.868. The largest absolute Gasteiger partial charge is 0.498 e. The highest BCUT2D eigenvalue weighted by molar-refractivity contribution is 6.63. The Morgan fingerprint density at radius 1 is 1.18 bits per heavy atom. The van der Waals surface area contributed by atoms with Gasteiger partial charge in [0.05, 0.1) is 17.8 Å². The summed E-state index contributed by atoms with van der Waals surface area (Å²) in [5.74, 6) is 1.43. The fraction of sp³-hybridized carbons (Fsp3) is 0.647. The Morgan fingerprint density at radius 2 is 1.86 bits per heavy atom. The summed E-state index contributed by atoms with van der Waals surface area (Å²) in [6, 6.07) is 6.30. The normalized spacial score (nSPS) is 25.7. The van der Waals surface area contributed by atoms with Crippen molar-refractivity contribution >= 4 is 12.6 Å². The average molecular weight is 303 g/mol. The van der Waals surface area contributed by atoms with Crippen LogP contribution < -0.4 is 15.5 Å². The van der Waals surface area contributed by atoms with Gasteiger partial charge in [-0.15, -0.1) is 0 Å². The van der Waals surface area contributed by atoms with E-state index in [-0.39, 0.29) is 18.3 Å². The number of likely N-dealkylation sites (N-methyl/N-ethyl adjacent to an activating group) is 1. The summed E-state index contributed by atoms with van der Waals surface area (Å²) in [4.78, 5) is 0. The molecule has 3 rings (SSSR count). The Kier molecular flexibility index (Phi) is 4.00. The van der Waals surface area contributed by atoms with Gasteiger partial charge >= 0.3 is 7.12 Å². The van der Waals surface area contributed by atoms with E-state index in [1.54, 1.807) is 0 Å². The highest BCUT2D eigenvalue weighted by atomic mass is 16.7. The van der Waals surface area contributed by atoms with E-state index in [0.29, 0.717) is 5.92 Å². The maximum Gasteiger partial charge on any atom is 0.498 e. The van der Waals surface area contributed by atoms with Crippen molar-refractivity contribution in [1.82, 2.24) is 5.32 Å². The molecular weight excluding hydrogens is 277 g/mol. The highest BCUT2D eigenvalue weighted by Gasteiger charge is 2.52. The maximum atomic E-state index is 6.19. The van der Waals surface area contributed by atoms with E-state index in [1.807, 2.05) is 7.05 Å². The van der Waals surface area contributed by atoms with E-state index in [9.17, 15) is 0 Å². The van der Waals surface area contributed by atoms with Crippen LogP contribution in [-0.2, 0) is 9.31 Å². The second-order valence-corrected chi connectivity index (χ2v) is 7.25. The molecule has 1 saturated heterocycles. The number of ether oxygens (including phenoxy) is 1. The SMILES string of the molecule is CNC[C@@H]1CCOc2c(B3OC(C)(C)C(C)(C)O3)cccc21. The number of rotatable bonds is 3. The fourth-order valence-electron chi connectivity index (χ4n) is 3.13. The second kappa shape index (κ2) is 5.55. The van der Waals surface area contributed by atoms with Crippen LogP contribution in [-0.4, -0.2) is 38.5 Å².